The van der Waals surface area contributed by atoms with Gasteiger partial charge >= 0.3 is 0 Å². The Labute approximate surface area is 139 Å². The van der Waals surface area contributed by atoms with Gasteiger partial charge in [0.05, 0.1) is 0 Å². The second-order valence-corrected chi connectivity index (χ2v) is 6.68. The fourth-order valence-corrected chi connectivity index (χ4v) is 2.89. The van der Waals surface area contributed by atoms with Crippen molar-refractivity contribution < 1.29 is 9.59 Å². The molecule has 1 aromatic carbocycles. The van der Waals surface area contributed by atoms with Gasteiger partial charge in [0.1, 0.15) is 6.54 Å². The molecule has 0 N–H and O–H groups in total. The van der Waals surface area contributed by atoms with Gasteiger partial charge in [-0.15, -0.1) is 0 Å². The number of hydrogen-bond donors (Lipinski definition) is 0. The molecule has 1 aliphatic heterocycles. The van der Waals surface area contributed by atoms with Crippen LogP contribution in [0.5, 0.6) is 0 Å². The SMILES string of the molecule is CC(C)c1cccc(N(C)C(=O)CN2CCCCCCC2=O)c1. The molecule has 1 saturated heterocycles. The molecule has 0 saturated carbocycles. The van der Waals surface area contributed by atoms with Crippen LogP contribution in [0.1, 0.15) is 57.4 Å². The topological polar surface area (TPSA) is 40.6 Å². The molecular formula is C19H28N2O2. The first-order valence-corrected chi connectivity index (χ1v) is 8.63. The van der Waals surface area contributed by atoms with Crippen molar-refractivity contribution in [3.8, 4) is 0 Å². The zero-order valence-electron chi connectivity index (χ0n) is 14.5. The van der Waals surface area contributed by atoms with Gasteiger partial charge in [-0.2, -0.15) is 0 Å². The van der Waals surface area contributed by atoms with E-state index in [-0.39, 0.29) is 18.4 Å². The van der Waals surface area contributed by atoms with Gasteiger partial charge in [-0.25, -0.2) is 0 Å². The molecule has 0 unspecified atom stereocenters. The van der Waals surface area contributed by atoms with Gasteiger partial charge in [0, 0.05) is 25.7 Å². The number of likely N-dealkylation sites (N-methyl/N-ethyl adjacent to an activating group) is 1. The van der Waals surface area contributed by atoms with E-state index in [0.717, 1.165) is 31.4 Å². The molecule has 2 rings (SSSR count). The summed E-state index contributed by atoms with van der Waals surface area (Å²) in [7, 11) is 1.79. The Morgan fingerprint density at radius 1 is 1.22 bits per heavy atom. The summed E-state index contributed by atoms with van der Waals surface area (Å²) in [5.41, 5.74) is 2.10. The lowest BCUT2D eigenvalue weighted by atomic mass is 10.0. The maximum atomic E-state index is 12.6. The normalized spacial score (nSPS) is 16.2. The van der Waals surface area contributed by atoms with Gasteiger partial charge in [0.25, 0.3) is 0 Å². The van der Waals surface area contributed by atoms with Gasteiger partial charge < -0.3 is 9.80 Å². The Balaban J connectivity index is 2.03. The molecule has 1 heterocycles. The number of amides is 2. The van der Waals surface area contributed by atoms with Crippen LogP contribution in [0.2, 0.25) is 0 Å². The molecule has 0 spiro atoms. The molecule has 0 radical (unpaired) electrons. The minimum atomic E-state index is -0.0279. The molecule has 1 aromatic rings. The van der Waals surface area contributed by atoms with Gasteiger partial charge in [0.15, 0.2) is 0 Å². The smallest absolute Gasteiger partial charge is 0.246 e. The molecule has 0 atom stereocenters. The number of likely N-dealkylation sites (tertiary alicyclic amines) is 1. The van der Waals surface area contributed by atoms with Crippen LogP contribution in [0.4, 0.5) is 5.69 Å². The van der Waals surface area contributed by atoms with Crippen LogP contribution >= 0.6 is 0 Å². The molecule has 4 nitrogen and oxygen atoms in total. The molecule has 4 heteroatoms. The van der Waals surface area contributed by atoms with Crippen molar-refractivity contribution in [2.45, 2.75) is 51.9 Å². The van der Waals surface area contributed by atoms with Crippen molar-refractivity contribution >= 4 is 17.5 Å². The standard InChI is InChI=1S/C19H28N2O2/c1-15(2)16-9-8-10-17(13-16)20(3)19(23)14-21-12-7-5-4-6-11-18(21)22/h8-10,13,15H,4-7,11-12,14H2,1-3H3. The van der Waals surface area contributed by atoms with Gasteiger partial charge in [-0.3, -0.25) is 9.59 Å². The van der Waals surface area contributed by atoms with E-state index in [1.54, 1.807) is 16.8 Å². The number of carbonyl (C=O) groups is 2. The quantitative estimate of drug-likeness (QED) is 0.852. The molecule has 126 valence electrons. The molecule has 23 heavy (non-hydrogen) atoms. The molecule has 1 fully saturated rings. The number of nitrogens with zero attached hydrogens (tertiary/aromatic N) is 2. The summed E-state index contributed by atoms with van der Waals surface area (Å²) >= 11 is 0. The lowest BCUT2D eigenvalue weighted by molar-refractivity contribution is -0.135. The number of hydrogen-bond acceptors (Lipinski definition) is 2. The minimum absolute atomic E-state index is 0.0279. The highest BCUT2D eigenvalue weighted by Gasteiger charge is 2.21. The van der Waals surface area contributed by atoms with Gasteiger partial charge in [-0.1, -0.05) is 38.8 Å². The summed E-state index contributed by atoms with van der Waals surface area (Å²) in [6, 6.07) is 8.06. The van der Waals surface area contributed by atoms with Gasteiger partial charge in [-0.05, 0) is 36.5 Å². The predicted octanol–water partition coefficient (Wildman–Crippen LogP) is 3.57. The first-order valence-electron chi connectivity index (χ1n) is 8.63. The minimum Gasteiger partial charge on any atom is -0.333 e. The molecule has 0 aliphatic carbocycles. The maximum Gasteiger partial charge on any atom is 0.246 e. The Morgan fingerprint density at radius 3 is 2.70 bits per heavy atom. The fraction of sp³-hybridized carbons (Fsp3) is 0.579. The van der Waals surface area contributed by atoms with Crippen molar-refractivity contribution in [2.75, 3.05) is 25.0 Å². The second kappa shape index (κ2) is 8.14. The Kier molecular flexibility index (Phi) is 6.20. The first kappa shape index (κ1) is 17.5. The predicted molar refractivity (Wildman–Crippen MR) is 93.6 cm³/mol. The Hall–Kier alpha value is -1.84. The van der Waals surface area contributed by atoms with E-state index in [1.165, 1.54) is 5.56 Å². The third-order valence-electron chi connectivity index (χ3n) is 4.55. The summed E-state index contributed by atoms with van der Waals surface area (Å²) in [5, 5.41) is 0. The van der Waals surface area contributed by atoms with Crippen molar-refractivity contribution in [2.24, 2.45) is 0 Å². The van der Waals surface area contributed by atoms with Crippen LogP contribution in [0.15, 0.2) is 24.3 Å². The number of anilines is 1. The number of carbonyl (C=O) groups excluding carboxylic acids is 2. The highest BCUT2D eigenvalue weighted by molar-refractivity contribution is 5.96. The molecule has 0 aromatic heterocycles. The van der Waals surface area contributed by atoms with Crippen molar-refractivity contribution in [3.05, 3.63) is 29.8 Å². The van der Waals surface area contributed by atoms with E-state index in [2.05, 4.69) is 26.0 Å². The lowest BCUT2D eigenvalue weighted by Crippen LogP contribution is -2.42. The van der Waals surface area contributed by atoms with Crippen molar-refractivity contribution in [1.29, 1.82) is 0 Å². The van der Waals surface area contributed by atoms with Crippen LogP contribution < -0.4 is 4.90 Å². The van der Waals surface area contributed by atoms with Crippen LogP contribution in [0, 0.1) is 0 Å². The van der Waals surface area contributed by atoms with Crippen LogP contribution in [0.25, 0.3) is 0 Å². The van der Waals surface area contributed by atoms with E-state index in [1.807, 2.05) is 12.1 Å². The maximum absolute atomic E-state index is 12.6. The highest BCUT2D eigenvalue weighted by Crippen LogP contribution is 2.21. The third-order valence-corrected chi connectivity index (χ3v) is 4.55. The highest BCUT2D eigenvalue weighted by atomic mass is 16.2. The Morgan fingerprint density at radius 2 is 1.96 bits per heavy atom. The van der Waals surface area contributed by atoms with Gasteiger partial charge in [0.2, 0.25) is 11.8 Å². The average molecular weight is 316 g/mol. The fourth-order valence-electron chi connectivity index (χ4n) is 2.89. The van der Waals surface area contributed by atoms with E-state index < -0.39 is 0 Å². The van der Waals surface area contributed by atoms with Crippen molar-refractivity contribution in [1.82, 2.24) is 4.90 Å². The monoisotopic (exact) mass is 316 g/mol. The summed E-state index contributed by atoms with van der Waals surface area (Å²) in [6.45, 7) is 5.16. The van der Waals surface area contributed by atoms with E-state index in [0.29, 0.717) is 18.9 Å². The first-order chi connectivity index (χ1) is 11.0. The number of benzene rings is 1. The zero-order chi connectivity index (χ0) is 16.8. The van der Waals surface area contributed by atoms with E-state index >= 15 is 0 Å². The summed E-state index contributed by atoms with van der Waals surface area (Å²) in [6.07, 6.45) is 4.76. The van der Waals surface area contributed by atoms with Crippen LogP contribution in [-0.2, 0) is 9.59 Å². The van der Waals surface area contributed by atoms with Crippen molar-refractivity contribution in [3.63, 3.8) is 0 Å². The van der Waals surface area contributed by atoms with E-state index in [4.69, 9.17) is 0 Å². The second-order valence-electron chi connectivity index (χ2n) is 6.68. The molecule has 2 amide bonds. The number of rotatable bonds is 4. The largest absolute Gasteiger partial charge is 0.333 e. The van der Waals surface area contributed by atoms with Crippen LogP contribution in [0.3, 0.4) is 0 Å². The summed E-state index contributed by atoms with van der Waals surface area (Å²) < 4.78 is 0. The average Bonchev–Trinajstić information content (AvgIpc) is 2.53. The zero-order valence-corrected chi connectivity index (χ0v) is 14.5. The third kappa shape index (κ3) is 4.81. The molecular weight excluding hydrogens is 288 g/mol. The Bertz CT molecular complexity index is 554. The summed E-state index contributed by atoms with van der Waals surface area (Å²) in [4.78, 5) is 28.1. The molecule has 0 bridgehead atoms. The van der Waals surface area contributed by atoms with Crippen LogP contribution in [-0.4, -0.2) is 36.9 Å². The lowest BCUT2D eigenvalue weighted by Gasteiger charge is -2.27. The molecule has 1 aliphatic rings. The summed E-state index contributed by atoms with van der Waals surface area (Å²) in [5.74, 6) is 0.511. The van der Waals surface area contributed by atoms with E-state index in [9.17, 15) is 9.59 Å².